The Hall–Kier alpha value is -2.59. The van der Waals surface area contributed by atoms with Gasteiger partial charge in [0, 0.05) is 34.0 Å². The molecular formula is C24H25IN4O3. The fourth-order valence-corrected chi connectivity index (χ4v) is 4.32. The third-order valence-electron chi connectivity index (χ3n) is 5.67. The van der Waals surface area contributed by atoms with Crippen molar-refractivity contribution in [2.24, 2.45) is 5.92 Å². The number of benzene rings is 2. The van der Waals surface area contributed by atoms with Crippen LogP contribution < -0.4 is 5.32 Å². The number of hydrogen-bond donors (Lipinski definition) is 1. The zero-order chi connectivity index (χ0) is 22.3. The van der Waals surface area contributed by atoms with Crippen LogP contribution in [0.5, 0.6) is 0 Å². The number of nitrogens with zero attached hydrogens (tertiary/aromatic N) is 3. The monoisotopic (exact) mass is 544 g/mol. The number of nitrogens with one attached hydrogen (secondary N) is 1. The molecule has 2 heterocycles. The third kappa shape index (κ3) is 5.80. The number of carbonyl (C=O) groups excluding carboxylic acids is 2. The minimum absolute atomic E-state index is 0.0946. The number of amides is 1. The number of rotatable bonds is 7. The van der Waals surface area contributed by atoms with Gasteiger partial charge in [-0.1, -0.05) is 18.2 Å². The number of halogens is 1. The third-order valence-corrected chi connectivity index (χ3v) is 6.39. The van der Waals surface area contributed by atoms with E-state index in [-0.39, 0.29) is 11.7 Å². The van der Waals surface area contributed by atoms with Crippen LogP contribution in [0.15, 0.2) is 54.9 Å². The molecule has 1 aliphatic heterocycles. The summed E-state index contributed by atoms with van der Waals surface area (Å²) in [6.07, 6.45) is 5.20. The maximum Gasteiger partial charge on any atom is 0.411 e. The van der Waals surface area contributed by atoms with Crippen molar-refractivity contribution < 1.29 is 14.3 Å². The van der Waals surface area contributed by atoms with Gasteiger partial charge in [-0.15, -0.1) is 0 Å². The summed E-state index contributed by atoms with van der Waals surface area (Å²) in [5.41, 5.74) is 2.74. The van der Waals surface area contributed by atoms with Crippen LogP contribution in [0.3, 0.4) is 0 Å². The molecule has 1 amide bonds. The average molecular weight is 544 g/mol. The second kappa shape index (κ2) is 10.8. The minimum atomic E-state index is -0.495. The lowest BCUT2D eigenvalue weighted by molar-refractivity contribution is 0.0830. The zero-order valence-corrected chi connectivity index (χ0v) is 19.8. The van der Waals surface area contributed by atoms with E-state index in [2.05, 4.69) is 42.8 Å². The van der Waals surface area contributed by atoms with Gasteiger partial charge in [0.25, 0.3) is 0 Å². The van der Waals surface area contributed by atoms with Crippen LogP contribution in [-0.4, -0.2) is 53.0 Å². The van der Waals surface area contributed by atoms with Gasteiger partial charge in [0.05, 0.1) is 17.8 Å². The molecule has 166 valence electrons. The smallest absolute Gasteiger partial charge is 0.411 e. The normalized spacial score (nSPS) is 14.9. The molecule has 0 radical (unpaired) electrons. The Labute approximate surface area is 200 Å². The van der Waals surface area contributed by atoms with Crippen LogP contribution in [0.25, 0.3) is 11.0 Å². The first-order chi connectivity index (χ1) is 15.6. The fourth-order valence-electron chi connectivity index (χ4n) is 3.96. The van der Waals surface area contributed by atoms with E-state index in [1.54, 1.807) is 18.5 Å². The van der Waals surface area contributed by atoms with E-state index in [1.165, 1.54) is 0 Å². The van der Waals surface area contributed by atoms with Crippen molar-refractivity contribution in [1.82, 2.24) is 14.9 Å². The summed E-state index contributed by atoms with van der Waals surface area (Å²) in [6, 6.07) is 13.2. The van der Waals surface area contributed by atoms with Crippen LogP contribution in [0.1, 0.15) is 29.6 Å². The summed E-state index contributed by atoms with van der Waals surface area (Å²) < 4.78 is 6.47. The van der Waals surface area contributed by atoms with Crippen LogP contribution in [0.4, 0.5) is 10.5 Å². The van der Waals surface area contributed by atoms with Gasteiger partial charge in [-0.25, -0.2) is 4.79 Å². The lowest BCUT2D eigenvalue weighted by Crippen LogP contribution is -2.37. The fraction of sp³-hybridized carbons (Fsp3) is 0.333. The van der Waals surface area contributed by atoms with Crippen molar-refractivity contribution in [1.29, 1.82) is 0 Å². The number of carbonyl (C=O) groups is 2. The Balaban J connectivity index is 1.16. The van der Waals surface area contributed by atoms with Gasteiger partial charge in [-0.2, -0.15) is 0 Å². The first-order valence-electron chi connectivity index (χ1n) is 10.8. The first-order valence-corrected chi connectivity index (χ1v) is 11.8. The Morgan fingerprint density at radius 1 is 1.06 bits per heavy atom. The SMILES string of the molecule is O=C(Nc1cccc2nccnc12)OCCCN1CCC(C(=O)c2ccc(I)cc2)CC1. The summed E-state index contributed by atoms with van der Waals surface area (Å²) in [7, 11) is 0. The molecule has 4 rings (SSSR count). The molecule has 8 heteroatoms. The predicted molar refractivity (Wildman–Crippen MR) is 132 cm³/mol. The molecule has 0 saturated carbocycles. The number of ketones is 1. The van der Waals surface area contributed by atoms with Crippen molar-refractivity contribution in [2.75, 3.05) is 31.6 Å². The van der Waals surface area contributed by atoms with Gasteiger partial charge in [0.15, 0.2) is 5.78 Å². The van der Waals surface area contributed by atoms with Crippen molar-refractivity contribution in [2.45, 2.75) is 19.3 Å². The highest BCUT2D eigenvalue weighted by molar-refractivity contribution is 14.1. The van der Waals surface area contributed by atoms with E-state index in [9.17, 15) is 9.59 Å². The number of anilines is 1. The molecule has 3 aromatic rings. The summed E-state index contributed by atoms with van der Waals surface area (Å²) >= 11 is 2.25. The number of ether oxygens (including phenoxy) is 1. The van der Waals surface area contributed by atoms with Gasteiger partial charge < -0.3 is 9.64 Å². The van der Waals surface area contributed by atoms with Crippen LogP contribution in [-0.2, 0) is 4.74 Å². The number of likely N-dealkylation sites (tertiary alicyclic amines) is 1. The quantitative estimate of drug-likeness (QED) is 0.262. The molecule has 1 aliphatic rings. The molecule has 0 spiro atoms. The summed E-state index contributed by atoms with van der Waals surface area (Å²) in [5.74, 6) is 0.344. The van der Waals surface area contributed by atoms with Crippen LogP contribution >= 0.6 is 22.6 Å². The number of hydrogen-bond acceptors (Lipinski definition) is 6. The molecule has 32 heavy (non-hydrogen) atoms. The second-order valence-corrected chi connectivity index (χ2v) is 9.08. The van der Waals surface area contributed by atoms with Crippen molar-refractivity contribution >= 4 is 51.2 Å². The van der Waals surface area contributed by atoms with E-state index in [4.69, 9.17) is 4.74 Å². The maximum atomic E-state index is 12.7. The molecule has 2 aromatic carbocycles. The Morgan fingerprint density at radius 3 is 2.59 bits per heavy atom. The van der Waals surface area contributed by atoms with Gasteiger partial charge in [-0.05, 0) is 79.2 Å². The van der Waals surface area contributed by atoms with Crippen molar-refractivity contribution in [3.8, 4) is 0 Å². The molecule has 0 bridgehead atoms. The lowest BCUT2D eigenvalue weighted by atomic mass is 9.89. The maximum absolute atomic E-state index is 12.7. The molecule has 1 aromatic heterocycles. The van der Waals surface area contributed by atoms with Crippen molar-refractivity contribution in [3.05, 3.63) is 64.0 Å². The van der Waals surface area contributed by atoms with Gasteiger partial charge >= 0.3 is 6.09 Å². The number of piperidine rings is 1. The highest BCUT2D eigenvalue weighted by Gasteiger charge is 2.25. The first kappa shape index (κ1) is 22.6. The standard InChI is InChI=1S/C24H25IN4O3/c25-19-7-5-17(6-8-19)23(30)18-9-14-29(15-10-18)13-2-16-32-24(31)28-21-4-1-3-20-22(21)27-12-11-26-20/h1,3-8,11-12,18H,2,9-10,13-16H2,(H,28,31). The highest BCUT2D eigenvalue weighted by Crippen LogP contribution is 2.23. The number of fused-ring (bicyclic) bond motifs is 1. The number of Topliss-reactive ketones (excluding diaryl/α,β-unsaturated/α-hetero) is 1. The Morgan fingerprint density at radius 2 is 1.81 bits per heavy atom. The zero-order valence-electron chi connectivity index (χ0n) is 17.7. The minimum Gasteiger partial charge on any atom is -0.449 e. The largest absolute Gasteiger partial charge is 0.449 e. The number of para-hydroxylation sites is 1. The molecule has 0 unspecified atom stereocenters. The van der Waals surface area contributed by atoms with Gasteiger partial charge in [-0.3, -0.25) is 20.1 Å². The Bertz CT molecular complexity index is 1080. The highest BCUT2D eigenvalue weighted by atomic mass is 127. The van der Waals surface area contributed by atoms with Crippen LogP contribution in [0.2, 0.25) is 0 Å². The molecule has 1 N–H and O–H groups in total. The average Bonchev–Trinajstić information content (AvgIpc) is 2.82. The lowest BCUT2D eigenvalue weighted by Gasteiger charge is -2.31. The van der Waals surface area contributed by atoms with Gasteiger partial charge in [0.2, 0.25) is 0 Å². The van der Waals surface area contributed by atoms with E-state index in [0.29, 0.717) is 23.3 Å². The summed E-state index contributed by atoms with van der Waals surface area (Å²) in [6.45, 7) is 2.96. The van der Waals surface area contributed by atoms with E-state index < -0.39 is 6.09 Å². The summed E-state index contributed by atoms with van der Waals surface area (Å²) in [5, 5.41) is 2.75. The topological polar surface area (TPSA) is 84.4 Å². The molecule has 1 saturated heterocycles. The van der Waals surface area contributed by atoms with E-state index in [1.807, 2.05) is 36.4 Å². The molecule has 1 fully saturated rings. The second-order valence-electron chi connectivity index (χ2n) is 7.83. The van der Waals surface area contributed by atoms with Crippen LogP contribution in [0, 0.1) is 9.49 Å². The van der Waals surface area contributed by atoms with Crippen molar-refractivity contribution in [3.63, 3.8) is 0 Å². The molecule has 0 aliphatic carbocycles. The summed E-state index contributed by atoms with van der Waals surface area (Å²) in [4.78, 5) is 35.7. The predicted octanol–water partition coefficient (Wildman–Crippen LogP) is 4.77. The number of aromatic nitrogens is 2. The van der Waals surface area contributed by atoms with E-state index >= 15 is 0 Å². The molecular weight excluding hydrogens is 519 g/mol. The van der Waals surface area contributed by atoms with Gasteiger partial charge in [0.1, 0.15) is 5.52 Å². The molecule has 7 nitrogen and oxygen atoms in total. The Kier molecular flexibility index (Phi) is 7.64. The van der Waals surface area contributed by atoms with E-state index in [0.717, 1.165) is 48.0 Å². The molecule has 0 atom stereocenters.